The molecule has 7 heteroatoms. The Labute approximate surface area is 160 Å². The average Bonchev–Trinajstić information content (AvgIpc) is 2.54. The number of rotatable bonds is 5. The molecule has 0 aromatic heterocycles. The minimum atomic E-state index is -0.567. The first-order valence-electron chi connectivity index (χ1n) is 8.48. The molecule has 1 aliphatic rings. The van der Waals surface area contributed by atoms with Crippen molar-refractivity contribution in [3.63, 3.8) is 0 Å². The van der Waals surface area contributed by atoms with Crippen molar-refractivity contribution >= 4 is 35.8 Å². The molecule has 1 saturated heterocycles. The molecule has 3 atom stereocenters. The largest absolute Gasteiger partial charge is 0.350 e. The van der Waals surface area contributed by atoms with Gasteiger partial charge in [0.1, 0.15) is 6.04 Å². The Balaban J connectivity index is 0.00000312. The van der Waals surface area contributed by atoms with Gasteiger partial charge in [0, 0.05) is 22.7 Å². The topological polar surface area (TPSA) is 70.2 Å². The number of amides is 2. The van der Waals surface area contributed by atoms with E-state index in [1.165, 1.54) is 0 Å². The van der Waals surface area contributed by atoms with E-state index in [4.69, 9.17) is 11.6 Å². The van der Waals surface area contributed by atoms with Gasteiger partial charge in [0.2, 0.25) is 5.91 Å². The molecule has 0 bridgehead atoms. The fraction of sp³-hybridized carbons (Fsp3) is 0.556. The summed E-state index contributed by atoms with van der Waals surface area (Å²) in [6, 6.07) is 6.40. The van der Waals surface area contributed by atoms with Gasteiger partial charge in [0.15, 0.2) is 0 Å². The molecular formula is C18H27Cl2N3O2. The summed E-state index contributed by atoms with van der Waals surface area (Å²) in [4.78, 5) is 25.0. The smallest absolute Gasteiger partial charge is 0.251 e. The van der Waals surface area contributed by atoms with E-state index < -0.39 is 6.04 Å². The Morgan fingerprint density at radius 2 is 1.88 bits per heavy atom. The van der Waals surface area contributed by atoms with Gasteiger partial charge in [-0.15, -0.1) is 12.4 Å². The summed E-state index contributed by atoms with van der Waals surface area (Å²) in [6.07, 6.45) is 1.99. The van der Waals surface area contributed by atoms with E-state index in [0.717, 1.165) is 19.4 Å². The molecule has 1 aliphatic heterocycles. The molecule has 3 N–H and O–H groups in total. The molecule has 0 spiro atoms. The second kappa shape index (κ2) is 10.00. The molecule has 2 rings (SSSR count). The Bertz CT molecular complexity index is 578. The molecule has 2 amide bonds. The highest BCUT2D eigenvalue weighted by Gasteiger charge is 2.29. The predicted octanol–water partition coefficient (Wildman–Crippen LogP) is 2.77. The number of hydrogen-bond donors (Lipinski definition) is 3. The standard InChI is InChI=1S/C18H26ClN3O2.ClH/c1-11(2)16(18(24)21-15-5-4-10-20-12(15)3)22-17(23)13-6-8-14(19)9-7-13;/h6-9,11-12,15-16,20H,4-5,10H2,1-3H3,(H,21,24)(H,22,23);1H. The van der Waals surface area contributed by atoms with Crippen LogP contribution < -0.4 is 16.0 Å². The number of carbonyl (C=O) groups is 2. The van der Waals surface area contributed by atoms with E-state index in [-0.39, 0.29) is 42.2 Å². The maximum Gasteiger partial charge on any atom is 0.251 e. The second-order valence-corrected chi connectivity index (χ2v) is 7.14. The fourth-order valence-electron chi connectivity index (χ4n) is 2.87. The summed E-state index contributed by atoms with van der Waals surface area (Å²) in [5.74, 6) is -0.406. The van der Waals surface area contributed by atoms with Crippen molar-refractivity contribution < 1.29 is 9.59 Å². The van der Waals surface area contributed by atoms with Gasteiger partial charge in [-0.25, -0.2) is 0 Å². The first kappa shape index (κ1) is 21.7. The van der Waals surface area contributed by atoms with Crippen LogP contribution in [0.2, 0.25) is 5.02 Å². The zero-order valence-electron chi connectivity index (χ0n) is 14.8. The van der Waals surface area contributed by atoms with E-state index >= 15 is 0 Å². The third kappa shape index (κ3) is 6.17. The van der Waals surface area contributed by atoms with Crippen LogP contribution >= 0.6 is 24.0 Å². The summed E-state index contributed by atoms with van der Waals surface area (Å²) in [6.45, 7) is 6.90. The molecular weight excluding hydrogens is 361 g/mol. The van der Waals surface area contributed by atoms with Crippen LogP contribution in [0.3, 0.4) is 0 Å². The summed E-state index contributed by atoms with van der Waals surface area (Å²) < 4.78 is 0. The monoisotopic (exact) mass is 387 g/mol. The summed E-state index contributed by atoms with van der Waals surface area (Å²) in [5.41, 5.74) is 0.491. The molecule has 1 heterocycles. The fourth-order valence-corrected chi connectivity index (χ4v) is 3.00. The minimum absolute atomic E-state index is 0. The first-order valence-corrected chi connectivity index (χ1v) is 8.86. The van der Waals surface area contributed by atoms with Crippen molar-refractivity contribution in [1.82, 2.24) is 16.0 Å². The highest BCUT2D eigenvalue weighted by molar-refractivity contribution is 6.30. The van der Waals surface area contributed by atoms with Crippen molar-refractivity contribution in [3.05, 3.63) is 34.9 Å². The van der Waals surface area contributed by atoms with Crippen LogP contribution in [0.4, 0.5) is 0 Å². The average molecular weight is 388 g/mol. The Kier molecular flexibility index (Phi) is 8.69. The summed E-state index contributed by atoms with van der Waals surface area (Å²) >= 11 is 5.84. The lowest BCUT2D eigenvalue weighted by molar-refractivity contribution is -0.125. The number of halogens is 2. The molecule has 3 unspecified atom stereocenters. The van der Waals surface area contributed by atoms with Gasteiger partial charge in [0.25, 0.3) is 5.91 Å². The van der Waals surface area contributed by atoms with Crippen LogP contribution in [0.25, 0.3) is 0 Å². The molecule has 0 saturated carbocycles. The second-order valence-electron chi connectivity index (χ2n) is 6.70. The molecule has 140 valence electrons. The summed E-state index contributed by atoms with van der Waals surface area (Å²) in [5, 5.41) is 9.86. The minimum Gasteiger partial charge on any atom is -0.350 e. The van der Waals surface area contributed by atoms with Gasteiger partial charge in [-0.3, -0.25) is 9.59 Å². The molecule has 25 heavy (non-hydrogen) atoms. The third-order valence-corrected chi connectivity index (χ3v) is 4.68. The van der Waals surface area contributed by atoms with Gasteiger partial charge in [-0.2, -0.15) is 0 Å². The van der Waals surface area contributed by atoms with E-state index in [0.29, 0.717) is 10.6 Å². The summed E-state index contributed by atoms with van der Waals surface area (Å²) in [7, 11) is 0. The van der Waals surface area contributed by atoms with E-state index in [9.17, 15) is 9.59 Å². The number of piperidine rings is 1. The Morgan fingerprint density at radius 3 is 2.44 bits per heavy atom. The lowest BCUT2D eigenvalue weighted by Gasteiger charge is -2.32. The lowest BCUT2D eigenvalue weighted by Crippen LogP contribution is -2.57. The van der Waals surface area contributed by atoms with Gasteiger partial charge in [-0.1, -0.05) is 25.4 Å². The van der Waals surface area contributed by atoms with E-state index in [1.54, 1.807) is 24.3 Å². The van der Waals surface area contributed by atoms with Crippen LogP contribution in [0.5, 0.6) is 0 Å². The van der Waals surface area contributed by atoms with Gasteiger partial charge < -0.3 is 16.0 Å². The highest BCUT2D eigenvalue weighted by Crippen LogP contribution is 2.12. The Hall–Kier alpha value is -1.30. The van der Waals surface area contributed by atoms with Crippen LogP contribution in [0.15, 0.2) is 24.3 Å². The van der Waals surface area contributed by atoms with Crippen LogP contribution in [-0.4, -0.2) is 36.5 Å². The normalized spacial score (nSPS) is 21.2. The number of benzene rings is 1. The third-order valence-electron chi connectivity index (χ3n) is 4.43. The SMILES string of the molecule is CC(C)C(NC(=O)c1ccc(Cl)cc1)C(=O)NC1CCCNC1C.Cl. The zero-order chi connectivity index (χ0) is 17.7. The van der Waals surface area contributed by atoms with E-state index in [2.05, 4.69) is 22.9 Å². The van der Waals surface area contributed by atoms with Crippen molar-refractivity contribution in [2.45, 2.75) is 51.7 Å². The molecule has 0 aliphatic carbocycles. The van der Waals surface area contributed by atoms with Crippen molar-refractivity contribution in [2.24, 2.45) is 5.92 Å². The van der Waals surface area contributed by atoms with Gasteiger partial charge >= 0.3 is 0 Å². The maximum absolute atomic E-state index is 12.6. The zero-order valence-corrected chi connectivity index (χ0v) is 16.4. The van der Waals surface area contributed by atoms with Crippen molar-refractivity contribution in [1.29, 1.82) is 0 Å². The first-order chi connectivity index (χ1) is 11.4. The van der Waals surface area contributed by atoms with Crippen molar-refractivity contribution in [3.8, 4) is 0 Å². The van der Waals surface area contributed by atoms with Crippen LogP contribution in [0, 0.1) is 5.92 Å². The Morgan fingerprint density at radius 1 is 1.24 bits per heavy atom. The van der Waals surface area contributed by atoms with E-state index in [1.807, 2.05) is 13.8 Å². The maximum atomic E-state index is 12.6. The lowest BCUT2D eigenvalue weighted by atomic mass is 9.97. The molecule has 1 aromatic carbocycles. The number of hydrogen-bond acceptors (Lipinski definition) is 3. The number of carbonyl (C=O) groups excluding carboxylic acids is 2. The van der Waals surface area contributed by atoms with Crippen LogP contribution in [-0.2, 0) is 4.79 Å². The quantitative estimate of drug-likeness (QED) is 0.727. The molecule has 5 nitrogen and oxygen atoms in total. The van der Waals surface area contributed by atoms with Gasteiger partial charge in [0.05, 0.1) is 0 Å². The van der Waals surface area contributed by atoms with Crippen molar-refractivity contribution in [2.75, 3.05) is 6.54 Å². The van der Waals surface area contributed by atoms with Gasteiger partial charge in [-0.05, 0) is 56.5 Å². The molecule has 1 fully saturated rings. The highest BCUT2D eigenvalue weighted by atomic mass is 35.5. The molecule has 0 radical (unpaired) electrons. The molecule has 1 aromatic rings. The van der Waals surface area contributed by atoms with Crippen LogP contribution in [0.1, 0.15) is 44.0 Å². The number of nitrogens with one attached hydrogen (secondary N) is 3. The predicted molar refractivity (Wildman–Crippen MR) is 103 cm³/mol.